The van der Waals surface area contributed by atoms with Crippen LogP contribution < -0.4 is 5.32 Å². The monoisotopic (exact) mass is 281 g/mol. The van der Waals surface area contributed by atoms with Gasteiger partial charge in [0, 0.05) is 11.6 Å². The van der Waals surface area contributed by atoms with Crippen LogP contribution in [0.4, 0.5) is 5.69 Å². The molecule has 0 aliphatic heterocycles. The quantitative estimate of drug-likeness (QED) is 0.907. The van der Waals surface area contributed by atoms with Crippen molar-refractivity contribution in [3.63, 3.8) is 0 Å². The average Bonchev–Trinajstić information content (AvgIpc) is 2.53. The van der Waals surface area contributed by atoms with E-state index in [9.17, 15) is 0 Å². The molecule has 1 fully saturated rings. The SMILES string of the molecule is CC1CCC(C)C(Nc2cnc(-c3ccccc3)nc2)C1. The molecule has 3 nitrogen and oxygen atoms in total. The first-order chi connectivity index (χ1) is 10.2. The van der Waals surface area contributed by atoms with Gasteiger partial charge < -0.3 is 5.32 Å². The van der Waals surface area contributed by atoms with Gasteiger partial charge in [-0.2, -0.15) is 0 Å². The minimum atomic E-state index is 0.542. The Bertz CT molecular complexity index is 565. The molecule has 0 bridgehead atoms. The molecule has 1 heterocycles. The Balaban J connectivity index is 1.70. The van der Waals surface area contributed by atoms with Gasteiger partial charge in [-0.1, -0.05) is 50.6 Å². The summed E-state index contributed by atoms with van der Waals surface area (Å²) in [5.41, 5.74) is 2.09. The molecular weight excluding hydrogens is 258 g/mol. The fraction of sp³-hybridized carbons (Fsp3) is 0.444. The second-order valence-corrected chi connectivity index (χ2v) is 6.31. The number of benzene rings is 1. The third kappa shape index (κ3) is 3.41. The third-order valence-electron chi connectivity index (χ3n) is 4.49. The van der Waals surface area contributed by atoms with Crippen LogP contribution in [0.2, 0.25) is 0 Å². The fourth-order valence-corrected chi connectivity index (χ4v) is 3.09. The van der Waals surface area contributed by atoms with Gasteiger partial charge in [-0.05, 0) is 24.7 Å². The van der Waals surface area contributed by atoms with E-state index in [1.165, 1.54) is 19.3 Å². The maximum absolute atomic E-state index is 4.48. The molecule has 1 aliphatic carbocycles. The molecule has 21 heavy (non-hydrogen) atoms. The maximum atomic E-state index is 4.48. The van der Waals surface area contributed by atoms with Gasteiger partial charge in [0.15, 0.2) is 5.82 Å². The van der Waals surface area contributed by atoms with Crippen molar-refractivity contribution in [1.29, 1.82) is 0 Å². The molecular formula is C18H23N3. The lowest BCUT2D eigenvalue weighted by atomic mass is 9.80. The highest BCUT2D eigenvalue weighted by Gasteiger charge is 2.25. The van der Waals surface area contributed by atoms with Crippen LogP contribution in [0.1, 0.15) is 33.1 Å². The lowest BCUT2D eigenvalue weighted by Gasteiger charge is -2.33. The van der Waals surface area contributed by atoms with Crippen LogP contribution in [-0.4, -0.2) is 16.0 Å². The van der Waals surface area contributed by atoms with E-state index >= 15 is 0 Å². The molecule has 1 saturated carbocycles. The maximum Gasteiger partial charge on any atom is 0.159 e. The first kappa shape index (κ1) is 14.1. The first-order valence-corrected chi connectivity index (χ1v) is 7.86. The number of hydrogen-bond donors (Lipinski definition) is 1. The highest BCUT2D eigenvalue weighted by Crippen LogP contribution is 2.30. The van der Waals surface area contributed by atoms with Gasteiger partial charge in [0.05, 0.1) is 18.1 Å². The topological polar surface area (TPSA) is 37.8 Å². The molecule has 0 amide bonds. The molecule has 2 aromatic rings. The number of nitrogens with zero attached hydrogens (tertiary/aromatic N) is 2. The zero-order valence-corrected chi connectivity index (χ0v) is 12.8. The molecule has 0 radical (unpaired) electrons. The van der Waals surface area contributed by atoms with Crippen molar-refractivity contribution in [3.05, 3.63) is 42.7 Å². The van der Waals surface area contributed by atoms with Gasteiger partial charge >= 0.3 is 0 Å². The van der Waals surface area contributed by atoms with E-state index in [-0.39, 0.29) is 0 Å². The molecule has 3 rings (SSSR count). The molecule has 1 aromatic heterocycles. The van der Waals surface area contributed by atoms with Crippen molar-refractivity contribution in [2.45, 2.75) is 39.2 Å². The van der Waals surface area contributed by atoms with E-state index in [2.05, 4.69) is 29.1 Å². The highest BCUT2D eigenvalue weighted by molar-refractivity contribution is 5.55. The Kier molecular flexibility index (Phi) is 4.18. The standard InChI is InChI=1S/C18H23N3/c1-13-8-9-14(2)17(10-13)21-16-11-19-18(20-12-16)15-6-4-3-5-7-15/h3-7,11-14,17,21H,8-10H2,1-2H3. The highest BCUT2D eigenvalue weighted by atomic mass is 15.0. The Morgan fingerprint density at radius 1 is 1.00 bits per heavy atom. The molecule has 1 N–H and O–H groups in total. The lowest BCUT2D eigenvalue weighted by molar-refractivity contribution is 0.280. The van der Waals surface area contributed by atoms with Gasteiger partial charge in [-0.15, -0.1) is 0 Å². The van der Waals surface area contributed by atoms with Crippen molar-refractivity contribution >= 4 is 5.69 Å². The smallest absolute Gasteiger partial charge is 0.159 e. The van der Waals surface area contributed by atoms with Gasteiger partial charge in [-0.25, -0.2) is 9.97 Å². The normalized spacial score (nSPS) is 25.5. The van der Waals surface area contributed by atoms with E-state index in [1.807, 2.05) is 42.7 Å². The molecule has 3 unspecified atom stereocenters. The summed E-state index contributed by atoms with van der Waals surface area (Å²) in [5.74, 6) is 2.31. The summed E-state index contributed by atoms with van der Waals surface area (Å²) in [6.07, 6.45) is 7.70. The molecule has 1 aliphatic rings. The Morgan fingerprint density at radius 2 is 1.71 bits per heavy atom. The second-order valence-electron chi connectivity index (χ2n) is 6.31. The van der Waals surface area contributed by atoms with Crippen LogP contribution in [0.25, 0.3) is 11.4 Å². The second kappa shape index (κ2) is 6.25. The third-order valence-corrected chi connectivity index (χ3v) is 4.49. The zero-order chi connectivity index (χ0) is 14.7. The fourth-order valence-electron chi connectivity index (χ4n) is 3.09. The Hall–Kier alpha value is -1.90. The molecule has 1 aromatic carbocycles. The number of rotatable bonds is 3. The number of aromatic nitrogens is 2. The molecule has 0 spiro atoms. The van der Waals surface area contributed by atoms with Crippen molar-refractivity contribution in [1.82, 2.24) is 9.97 Å². The van der Waals surface area contributed by atoms with Crippen molar-refractivity contribution in [2.24, 2.45) is 11.8 Å². The van der Waals surface area contributed by atoms with Gasteiger partial charge in [-0.3, -0.25) is 0 Å². The molecule has 110 valence electrons. The lowest BCUT2D eigenvalue weighted by Crippen LogP contribution is -2.33. The summed E-state index contributed by atoms with van der Waals surface area (Å²) < 4.78 is 0. The van der Waals surface area contributed by atoms with Crippen LogP contribution in [0.15, 0.2) is 42.7 Å². The summed E-state index contributed by atoms with van der Waals surface area (Å²) in [5, 5.41) is 3.61. The van der Waals surface area contributed by atoms with Crippen molar-refractivity contribution in [2.75, 3.05) is 5.32 Å². The molecule has 3 heteroatoms. The minimum absolute atomic E-state index is 0.542. The van der Waals surface area contributed by atoms with E-state index in [4.69, 9.17) is 0 Å². The van der Waals surface area contributed by atoms with Crippen LogP contribution in [0.5, 0.6) is 0 Å². The average molecular weight is 281 g/mol. The van der Waals surface area contributed by atoms with E-state index in [1.54, 1.807) is 0 Å². The predicted octanol–water partition coefficient (Wildman–Crippen LogP) is 4.38. The van der Waals surface area contributed by atoms with Gasteiger partial charge in [0.25, 0.3) is 0 Å². The summed E-state index contributed by atoms with van der Waals surface area (Å²) >= 11 is 0. The summed E-state index contributed by atoms with van der Waals surface area (Å²) in [4.78, 5) is 8.97. The number of nitrogens with one attached hydrogen (secondary N) is 1. The molecule has 3 atom stereocenters. The number of hydrogen-bond acceptors (Lipinski definition) is 3. The largest absolute Gasteiger partial charge is 0.380 e. The Morgan fingerprint density at radius 3 is 2.43 bits per heavy atom. The number of anilines is 1. The van der Waals surface area contributed by atoms with Crippen LogP contribution >= 0.6 is 0 Å². The van der Waals surface area contributed by atoms with Crippen molar-refractivity contribution < 1.29 is 0 Å². The first-order valence-electron chi connectivity index (χ1n) is 7.86. The zero-order valence-electron chi connectivity index (χ0n) is 12.8. The van der Waals surface area contributed by atoms with Gasteiger partial charge in [0.2, 0.25) is 0 Å². The summed E-state index contributed by atoms with van der Waals surface area (Å²) in [6, 6.07) is 10.6. The van der Waals surface area contributed by atoms with E-state index in [0.29, 0.717) is 6.04 Å². The van der Waals surface area contributed by atoms with E-state index in [0.717, 1.165) is 28.9 Å². The van der Waals surface area contributed by atoms with Crippen molar-refractivity contribution in [3.8, 4) is 11.4 Å². The van der Waals surface area contributed by atoms with E-state index < -0.39 is 0 Å². The van der Waals surface area contributed by atoms with Crippen LogP contribution in [0, 0.1) is 11.8 Å². The van der Waals surface area contributed by atoms with Gasteiger partial charge in [0.1, 0.15) is 0 Å². The van der Waals surface area contributed by atoms with Crippen LogP contribution in [0.3, 0.4) is 0 Å². The summed E-state index contributed by atoms with van der Waals surface area (Å²) in [7, 11) is 0. The molecule has 0 saturated heterocycles. The minimum Gasteiger partial charge on any atom is -0.380 e. The summed E-state index contributed by atoms with van der Waals surface area (Å²) in [6.45, 7) is 4.68. The predicted molar refractivity (Wildman–Crippen MR) is 87.1 cm³/mol. The van der Waals surface area contributed by atoms with Crippen LogP contribution in [-0.2, 0) is 0 Å². The Labute approximate surface area is 126 Å².